The van der Waals surface area contributed by atoms with E-state index in [4.69, 9.17) is 23.7 Å². The average molecular weight is 525 g/mol. The van der Waals surface area contributed by atoms with Gasteiger partial charge in [-0.05, 0) is 71.8 Å². The standard InChI is InChI=1S/C30H36O8/c1-16-17(2)30(38-29(16)20-8-11-23(32)26(14-20)35-5)21-9-12-24(27(15-21)36-6)37-18(3)28(33)19-7-10-22(31)25(13-19)34-4/h7-18,28-33H,1-6H3/t16-,17-,18?,28?,29-,30+/m0/s1. The summed E-state index contributed by atoms with van der Waals surface area (Å²) >= 11 is 0. The van der Waals surface area contributed by atoms with Crippen LogP contribution in [0.2, 0.25) is 0 Å². The zero-order valence-electron chi connectivity index (χ0n) is 22.5. The molecule has 0 saturated carbocycles. The first kappa shape index (κ1) is 27.4. The second-order valence-electron chi connectivity index (χ2n) is 9.74. The van der Waals surface area contributed by atoms with Crippen LogP contribution in [-0.4, -0.2) is 42.8 Å². The lowest BCUT2D eigenvalue weighted by Gasteiger charge is -2.24. The largest absolute Gasteiger partial charge is 0.504 e. The van der Waals surface area contributed by atoms with Crippen LogP contribution in [0.15, 0.2) is 54.6 Å². The highest BCUT2D eigenvalue weighted by atomic mass is 16.5. The van der Waals surface area contributed by atoms with Crippen molar-refractivity contribution >= 4 is 0 Å². The van der Waals surface area contributed by atoms with Gasteiger partial charge in [0, 0.05) is 0 Å². The summed E-state index contributed by atoms with van der Waals surface area (Å²) in [5, 5.41) is 30.7. The summed E-state index contributed by atoms with van der Waals surface area (Å²) in [6, 6.07) is 15.7. The number of benzene rings is 3. The van der Waals surface area contributed by atoms with Crippen LogP contribution in [0.25, 0.3) is 0 Å². The van der Waals surface area contributed by atoms with Crippen molar-refractivity contribution in [1.29, 1.82) is 0 Å². The molecule has 3 aromatic carbocycles. The van der Waals surface area contributed by atoms with Gasteiger partial charge in [0.05, 0.1) is 33.5 Å². The van der Waals surface area contributed by atoms with Crippen molar-refractivity contribution in [2.24, 2.45) is 11.8 Å². The van der Waals surface area contributed by atoms with Crippen molar-refractivity contribution in [3.8, 4) is 34.5 Å². The van der Waals surface area contributed by atoms with Gasteiger partial charge in [-0.15, -0.1) is 0 Å². The molecule has 0 aromatic heterocycles. The Kier molecular flexibility index (Phi) is 8.23. The molecule has 204 valence electrons. The van der Waals surface area contributed by atoms with Gasteiger partial charge >= 0.3 is 0 Å². The van der Waals surface area contributed by atoms with Gasteiger partial charge in [-0.1, -0.05) is 32.0 Å². The molecule has 3 aromatic rings. The van der Waals surface area contributed by atoms with E-state index in [-0.39, 0.29) is 41.3 Å². The molecule has 1 heterocycles. The maximum atomic E-state index is 10.9. The minimum Gasteiger partial charge on any atom is -0.504 e. The smallest absolute Gasteiger partial charge is 0.161 e. The molecule has 8 heteroatoms. The molecule has 38 heavy (non-hydrogen) atoms. The van der Waals surface area contributed by atoms with E-state index in [9.17, 15) is 15.3 Å². The third-order valence-electron chi connectivity index (χ3n) is 7.43. The highest BCUT2D eigenvalue weighted by Crippen LogP contribution is 2.50. The van der Waals surface area contributed by atoms with E-state index in [1.807, 2.05) is 30.3 Å². The highest BCUT2D eigenvalue weighted by Gasteiger charge is 2.41. The van der Waals surface area contributed by atoms with E-state index in [0.717, 1.165) is 11.1 Å². The van der Waals surface area contributed by atoms with E-state index in [0.29, 0.717) is 22.8 Å². The van der Waals surface area contributed by atoms with Gasteiger partial charge in [-0.3, -0.25) is 0 Å². The Morgan fingerprint density at radius 3 is 1.76 bits per heavy atom. The zero-order chi connectivity index (χ0) is 27.6. The Morgan fingerprint density at radius 1 is 0.684 bits per heavy atom. The minimum absolute atomic E-state index is 0.00116. The Bertz CT molecular complexity index is 1260. The van der Waals surface area contributed by atoms with Crippen LogP contribution in [0.1, 0.15) is 55.8 Å². The molecule has 8 nitrogen and oxygen atoms in total. The van der Waals surface area contributed by atoms with Crippen LogP contribution < -0.4 is 18.9 Å². The van der Waals surface area contributed by atoms with Crippen LogP contribution in [0.4, 0.5) is 0 Å². The van der Waals surface area contributed by atoms with E-state index in [2.05, 4.69) is 13.8 Å². The van der Waals surface area contributed by atoms with Gasteiger partial charge in [0.25, 0.3) is 0 Å². The maximum Gasteiger partial charge on any atom is 0.161 e. The number of phenolic OH excluding ortho intramolecular Hbond substituents is 2. The number of hydrogen-bond donors (Lipinski definition) is 3. The number of phenols is 2. The fraction of sp³-hybridized carbons (Fsp3) is 0.400. The first-order valence-corrected chi connectivity index (χ1v) is 12.6. The molecule has 6 atom stereocenters. The Balaban J connectivity index is 1.52. The van der Waals surface area contributed by atoms with Gasteiger partial charge in [-0.2, -0.15) is 0 Å². The molecular weight excluding hydrogens is 488 g/mol. The Labute approximate surface area is 223 Å². The first-order valence-electron chi connectivity index (χ1n) is 12.6. The normalized spacial score (nSPS) is 22.5. The van der Waals surface area contributed by atoms with Gasteiger partial charge in [0.1, 0.15) is 12.2 Å². The number of aliphatic hydroxyl groups is 1. The topological polar surface area (TPSA) is 107 Å². The summed E-state index contributed by atoms with van der Waals surface area (Å²) in [7, 11) is 4.56. The van der Waals surface area contributed by atoms with Crippen molar-refractivity contribution in [2.75, 3.05) is 21.3 Å². The van der Waals surface area contributed by atoms with Gasteiger partial charge in [0.15, 0.2) is 34.5 Å². The third kappa shape index (κ3) is 5.33. The van der Waals surface area contributed by atoms with Crippen molar-refractivity contribution in [3.05, 3.63) is 71.3 Å². The van der Waals surface area contributed by atoms with Crippen LogP contribution in [0.3, 0.4) is 0 Å². The summed E-state index contributed by atoms with van der Waals surface area (Å²) in [6.45, 7) is 6.08. The Morgan fingerprint density at radius 2 is 1.18 bits per heavy atom. The molecule has 0 aliphatic carbocycles. The van der Waals surface area contributed by atoms with Crippen LogP contribution in [0, 0.1) is 11.8 Å². The molecule has 1 saturated heterocycles. The quantitative estimate of drug-likeness (QED) is 0.327. The zero-order valence-corrected chi connectivity index (χ0v) is 22.5. The summed E-state index contributed by atoms with van der Waals surface area (Å²) in [4.78, 5) is 0. The van der Waals surface area contributed by atoms with E-state index in [1.54, 1.807) is 32.2 Å². The number of hydrogen-bond acceptors (Lipinski definition) is 8. The highest BCUT2D eigenvalue weighted by molar-refractivity contribution is 5.46. The SMILES string of the molecule is COc1cc(C(O)C(C)Oc2ccc([C@@H]3O[C@H](c4ccc(O)c(OC)c4)[C@@H](C)[C@@H]3C)cc2OC)ccc1O. The lowest BCUT2D eigenvalue weighted by Crippen LogP contribution is -2.22. The van der Waals surface area contributed by atoms with Crippen molar-refractivity contribution in [1.82, 2.24) is 0 Å². The molecular formula is C30H36O8. The summed E-state index contributed by atoms with van der Waals surface area (Å²) in [5.74, 6) is 2.24. The maximum absolute atomic E-state index is 10.9. The Hall–Kier alpha value is -3.62. The van der Waals surface area contributed by atoms with Gasteiger partial charge in [-0.25, -0.2) is 0 Å². The fourth-order valence-corrected chi connectivity index (χ4v) is 4.97. The number of aliphatic hydroxyl groups excluding tert-OH is 1. The molecule has 0 amide bonds. The molecule has 1 aliphatic heterocycles. The molecule has 0 bridgehead atoms. The van der Waals surface area contributed by atoms with Crippen LogP contribution >= 0.6 is 0 Å². The van der Waals surface area contributed by atoms with Gasteiger partial charge in [0.2, 0.25) is 0 Å². The van der Waals surface area contributed by atoms with E-state index >= 15 is 0 Å². The van der Waals surface area contributed by atoms with Crippen LogP contribution in [0.5, 0.6) is 34.5 Å². The van der Waals surface area contributed by atoms with Crippen LogP contribution in [-0.2, 0) is 4.74 Å². The van der Waals surface area contributed by atoms with Crippen molar-refractivity contribution in [3.63, 3.8) is 0 Å². The molecule has 3 N–H and O–H groups in total. The third-order valence-corrected chi connectivity index (χ3v) is 7.43. The molecule has 4 rings (SSSR count). The first-order chi connectivity index (χ1) is 18.2. The molecule has 0 spiro atoms. The predicted octanol–water partition coefficient (Wildman–Crippen LogP) is 5.71. The predicted molar refractivity (Wildman–Crippen MR) is 142 cm³/mol. The van der Waals surface area contributed by atoms with Crippen molar-refractivity contribution in [2.45, 2.75) is 45.2 Å². The number of ether oxygens (including phenoxy) is 5. The summed E-state index contributed by atoms with van der Waals surface area (Å²) < 4.78 is 28.7. The van der Waals surface area contributed by atoms with E-state index < -0.39 is 12.2 Å². The monoisotopic (exact) mass is 524 g/mol. The minimum atomic E-state index is -0.962. The summed E-state index contributed by atoms with van der Waals surface area (Å²) in [6.07, 6.45) is -1.91. The molecule has 1 aliphatic rings. The summed E-state index contributed by atoms with van der Waals surface area (Å²) in [5.41, 5.74) is 2.46. The average Bonchev–Trinajstić information content (AvgIpc) is 3.22. The van der Waals surface area contributed by atoms with Crippen molar-refractivity contribution < 1.29 is 39.0 Å². The second kappa shape index (κ2) is 11.4. The molecule has 0 radical (unpaired) electrons. The van der Waals surface area contributed by atoms with Gasteiger partial charge < -0.3 is 39.0 Å². The number of aromatic hydroxyl groups is 2. The number of rotatable bonds is 9. The lowest BCUT2D eigenvalue weighted by molar-refractivity contribution is 0.0284. The molecule has 2 unspecified atom stereocenters. The molecule has 1 fully saturated rings. The number of methoxy groups -OCH3 is 3. The van der Waals surface area contributed by atoms with E-state index in [1.165, 1.54) is 20.3 Å². The lowest BCUT2D eigenvalue weighted by atomic mass is 9.85. The fourth-order valence-electron chi connectivity index (χ4n) is 4.97. The second-order valence-corrected chi connectivity index (χ2v) is 9.74.